The van der Waals surface area contributed by atoms with Crippen LogP contribution in [-0.2, 0) is 13.0 Å². The van der Waals surface area contributed by atoms with Gasteiger partial charge in [-0.2, -0.15) is 0 Å². The fourth-order valence-corrected chi connectivity index (χ4v) is 136. The van der Waals surface area contributed by atoms with Crippen molar-refractivity contribution in [3.05, 3.63) is 63.2 Å². The smallest absolute Gasteiger partial charge is 0.412 e. The monoisotopic (exact) mass is 1280 g/mol. The van der Waals surface area contributed by atoms with Gasteiger partial charge in [-0.15, -0.1) is 0 Å². The molecule has 0 saturated carbocycles. The van der Waals surface area contributed by atoms with E-state index in [0.29, 0.717) is 7.78 Å². The van der Waals surface area contributed by atoms with Crippen molar-refractivity contribution in [1.82, 2.24) is 0 Å². The molecule has 0 amide bonds. The zero-order chi connectivity index (χ0) is 57.5. The van der Waals surface area contributed by atoms with Gasteiger partial charge in [0.2, 0.25) is 0 Å². The van der Waals surface area contributed by atoms with Crippen molar-refractivity contribution in [1.29, 1.82) is 0 Å². The Kier molecular flexibility index (Phi) is 20.6. The Morgan fingerprint density at radius 3 is 0.849 bits per heavy atom. The molecule has 3 rings (SSSR count). The summed E-state index contributed by atoms with van der Waals surface area (Å²) in [7, 11) is -22.5. The van der Waals surface area contributed by atoms with Crippen LogP contribution >= 0.6 is 0 Å². The fraction of sp³-hybridized carbons (Fsp3) is 0.793. The summed E-state index contributed by atoms with van der Waals surface area (Å²) in [6, 6.07) is 12.4. The largest absolute Gasteiger partial charge is 0.412 e. The van der Waals surface area contributed by atoms with E-state index < -0.39 is 119 Å². The molecular weight excluding hydrogens is 1150 g/mol. The van der Waals surface area contributed by atoms with Gasteiger partial charge in [0.15, 0.2) is 0 Å². The third-order valence-electron chi connectivity index (χ3n) is 18.3. The summed E-state index contributed by atoms with van der Waals surface area (Å²) in [6.45, 7) is 110. The minimum absolute atomic E-state index is 0. The number of fused-ring (bicyclic) bond motifs is 1. The van der Waals surface area contributed by atoms with Crippen LogP contribution in [0.15, 0.2) is 24.3 Å². The second kappa shape index (κ2) is 21.2. The molecule has 0 atom stereocenters. The first-order valence-corrected chi connectivity index (χ1v) is 78.9. The Bertz CT molecular complexity index is 2090. The first kappa shape index (κ1) is 70.9. The van der Waals surface area contributed by atoms with Gasteiger partial charge in [0.1, 0.15) is 0 Å². The minimum atomic E-state index is -2.21. The molecule has 73 heavy (non-hydrogen) atoms. The second-order valence-electron chi connectivity index (χ2n) is 38.2. The number of rotatable bonds is 20. The van der Waals surface area contributed by atoms with Crippen molar-refractivity contribution in [2.24, 2.45) is 0 Å². The zero-order valence-electron chi connectivity index (χ0n) is 56.8. The number of benzene rings is 2. The maximum Gasteiger partial charge on any atom is -0.412 e. The third kappa shape index (κ3) is 13.3. The van der Waals surface area contributed by atoms with E-state index in [1.54, 1.807) is 0 Å². The molecule has 0 spiro atoms. The molecule has 1 heterocycles. The van der Waals surface area contributed by atoms with Crippen LogP contribution in [0.2, 0.25) is 255 Å². The van der Waals surface area contributed by atoms with E-state index >= 15 is 0 Å². The van der Waals surface area contributed by atoms with E-state index in [2.05, 4.69) is 284 Å². The molecule has 2 aromatic carbocycles. The Morgan fingerprint density at radius 2 is 0.616 bits per heavy atom. The van der Waals surface area contributed by atoms with Crippen LogP contribution in [0.3, 0.4) is 0 Å². The predicted octanol–water partition coefficient (Wildman–Crippen LogP) is 19.1. The molecule has 0 aromatic heterocycles. The molecule has 2 aromatic rings. The zero-order valence-corrected chi connectivity index (χ0v) is 71.9. The first-order chi connectivity index (χ1) is 31.0. The van der Waals surface area contributed by atoms with E-state index in [1.165, 1.54) is 5.25 Å². The molecule has 0 aliphatic carbocycles. The van der Waals surface area contributed by atoms with Crippen molar-refractivity contribution in [2.75, 3.05) is 0 Å². The Balaban J connectivity index is 0.0000183. The summed E-state index contributed by atoms with van der Waals surface area (Å²) in [4.78, 5) is 0. The van der Waals surface area contributed by atoms with Gasteiger partial charge in [-0.1, -0.05) is 0 Å². The van der Waals surface area contributed by atoms with Crippen molar-refractivity contribution in [3.8, 4) is 0 Å². The van der Waals surface area contributed by atoms with Crippen molar-refractivity contribution < 1.29 is 5.48 Å². The van der Waals surface area contributed by atoms with Crippen LogP contribution in [0.4, 0.5) is 0 Å². The summed E-state index contributed by atoms with van der Waals surface area (Å²) in [5, 5.41) is 4.42. The molecule has 1 radical (unpaired) electrons. The summed E-state index contributed by atoms with van der Waals surface area (Å²) in [5.74, 6) is 0. The van der Waals surface area contributed by atoms with E-state index in [4.69, 9.17) is 0 Å². The normalized spacial score (nSPS) is 16.9. The molecule has 15 heteroatoms. The quantitative estimate of drug-likeness (QED) is 0.118. The molecule has 1 aliphatic heterocycles. The minimum Gasteiger partial charge on any atom is -0.412 e. The van der Waals surface area contributed by atoms with Gasteiger partial charge in [0.25, 0.3) is 0 Å². The summed E-state index contributed by atoms with van der Waals surface area (Å²) in [6.07, 6.45) is 0. The van der Waals surface area contributed by atoms with Gasteiger partial charge in [0, 0.05) is 0 Å². The van der Waals surface area contributed by atoms with E-state index in [0.717, 1.165) is 20.7 Å². The van der Waals surface area contributed by atoms with Gasteiger partial charge >= 0.3 is 476 Å². The molecule has 0 unspecified atom stereocenters. The topological polar surface area (TPSA) is 31.5 Å². The molecule has 2 N–H and O–H groups in total. The van der Waals surface area contributed by atoms with Crippen molar-refractivity contribution in [2.45, 2.75) is 289 Å². The summed E-state index contributed by atoms with van der Waals surface area (Å²) >= 11 is -2.21. The molecular formula is C58H129GeOSi13. The fourth-order valence-electron chi connectivity index (χ4n) is 20.6. The molecule has 0 fully saturated rings. The van der Waals surface area contributed by atoms with Gasteiger partial charge in [0.05, 0.1) is 0 Å². The molecule has 1 nitrogen and oxygen atoms in total. The van der Waals surface area contributed by atoms with Crippen LogP contribution in [0, 0.1) is 0 Å². The summed E-state index contributed by atoms with van der Waals surface area (Å²) in [5.41, 5.74) is 13.6. The van der Waals surface area contributed by atoms with Crippen LogP contribution in [0.1, 0.15) is 59.6 Å². The van der Waals surface area contributed by atoms with Crippen LogP contribution in [0.25, 0.3) is 0 Å². The second-order valence-corrected chi connectivity index (χ2v) is 119. The third-order valence-corrected chi connectivity index (χ3v) is 105. The van der Waals surface area contributed by atoms with Crippen LogP contribution < -0.4 is 4.40 Å². The standard InChI is InChI=1S/C58H127GeSi13.H2O/c1-60(2,3)53(61(4,5)6)45-40-47(54(62(7,8)9)63(10,11)12)50(48(41-45)55(64(13,14)15)65(16,17)18)44-59-52-49(56(66(19,20)21)67(22,23)24)42-46(43-51(52)57(59,68(25,26)27)69(28,29)30)58(70(31,32)33,71(34,35)36)72(37,38)39;/h40-43,53-56H,44H2,1-39H3;1H2. The number of hydrogen-bond donors (Lipinski definition) is 0. The van der Waals surface area contributed by atoms with E-state index in [-0.39, 0.29) is 5.48 Å². The van der Waals surface area contributed by atoms with Crippen LogP contribution in [-0.4, -0.2) is 125 Å². The van der Waals surface area contributed by atoms with Gasteiger partial charge in [-0.25, -0.2) is 0 Å². The number of hydrogen-bond acceptors (Lipinski definition) is 0. The Labute approximate surface area is 477 Å². The molecule has 423 valence electrons. The Morgan fingerprint density at radius 1 is 0.356 bits per heavy atom. The van der Waals surface area contributed by atoms with Gasteiger partial charge in [-0.05, 0) is 0 Å². The van der Waals surface area contributed by atoms with E-state index in [9.17, 15) is 0 Å². The van der Waals surface area contributed by atoms with Crippen LogP contribution in [0.5, 0.6) is 0 Å². The van der Waals surface area contributed by atoms with Gasteiger partial charge in [-0.3, -0.25) is 0 Å². The molecule has 0 bridgehead atoms. The average molecular weight is 1280 g/mol. The van der Waals surface area contributed by atoms with Crippen molar-refractivity contribution >= 4 is 124 Å². The maximum atomic E-state index is 3.14. The van der Waals surface area contributed by atoms with Crippen molar-refractivity contribution in [3.63, 3.8) is 0 Å². The molecule has 0 saturated heterocycles. The summed E-state index contributed by atoms with van der Waals surface area (Å²) < 4.78 is 2.89. The van der Waals surface area contributed by atoms with E-state index in [1.807, 2.05) is 38.9 Å². The van der Waals surface area contributed by atoms with Gasteiger partial charge < -0.3 is 5.48 Å². The average Bonchev–Trinajstić information content (AvgIpc) is 2.96. The first-order valence-electron chi connectivity index (χ1n) is 29.2. The maximum absolute atomic E-state index is 3.14. The Hall–Kier alpha value is 1.76. The SMILES string of the molecule is C[Si](C)(C)C(c1cc(C([Si](C)(C)C)[Si](C)(C)C)c([CH2][Ge]2[c]3c(C([Si](C)(C)C)[Si](C)(C)C)cc(C([Si](C)(C)C)([Si](C)(C)C)[Si](C)(C)C)cc3[C]2([Si](C)(C)C)[Si](C)(C)C)c(C([Si](C)(C)C)[Si](C)(C)C)c1)[Si](C)(C)C.O. The predicted molar refractivity (Wildman–Crippen MR) is 383 cm³/mol. The molecule has 1 aliphatic rings.